The number of rotatable bonds is 4. The molecule has 1 saturated carbocycles. The molecule has 1 aliphatic carbocycles. The van der Waals surface area contributed by atoms with Crippen LogP contribution in [0.4, 0.5) is 8.78 Å². The zero-order valence-corrected chi connectivity index (χ0v) is 9.70. The molecule has 3 nitrogen and oxygen atoms in total. The Bertz CT molecular complexity index is 248. The van der Waals surface area contributed by atoms with Gasteiger partial charge in [-0.15, -0.1) is 0 Å². The largest absolute Gasteiger partial charge is 0.481 e. The number of carbonyl (C=O) groups is 1. The molecular weight excluding hydrogens is 216 g/mol. The highest BCUT2D eigenvalue weighted by molar-refractivity contribution is 5.71. The molecule has 0 aliphatic heterocycles. The van der Waals surface area contributed by atoms with Crippen molar-refractivity contribution < 1.29 is 18.7 Å². The Kier molecular flexibility index (Phi) is 4.65. The fourth-order valence-electron chi connectivity index (χ4n) is 2.48. The van der Waals surface area contributed by atoms with Gasteiger partial charge in [-0.2, -0.15) is 0 Å². The van der Waals surface area contributed by atoms with Crippen LogP contribution < -0.4 is 0 Å². The summed E-state index contributed by atoms with van der Waals surface area (Å²) in [5.41, 5.74) is 0. The maximum Gasteiger partial charge on any atom is 0.308 e. The number of halogens is 2. The molecule has 0 aromatic rings. The first-order chi connectivity index (χ1) is 7.41. The Morgan fingerprint density at radius 2 is 2.12 bits per heavy atom. The van der Waals surface area contributed by atoms with Crippen LogP contribution in [0.25, 0.3) is 0 Å². The Balaban J connectivity index is 2.66. The molecule has 0 bridgehead atoms. The molecule has 0 aromatic carbocycles. The normalized spacial score (nSPS) is 31.0. The van der Waals surface area contributed by atoms with E-state index in [1.54, 1.807) is 7.05 Å². The molecule has 3 unspecified atom stereocenters. The monoisotopic (exact) mass is 235 g/mol. The van der Waals surface area contributed by atoms with Gasteiger partial charge in [0.25, 0.3) is 6.43 Å². The number of carboxylic acid groups (broad SMARTS) is 1. The first-order valence-electron chi connectivity index (χ1n) is 5.63. The van der Waals surface area contributed by atoms with E-state index in [9.17, 15) is 13.6 Å². The van der Waals surface area contributed by atoms with Crippen LogP contribution in [0.5, 0.6) is 0 Å². The van der Waals surface area contributed by atoms with Crippen molar-refractivity contribution in [3.05, 3.63) is 0 Å². The van der Waals surface area contributed by atoms with Gasteiger partial charge in [0.15, 0.2) is 0 Å². The first kappa shape index (κ1) is 13.4. The summed E-state index contributed by atoms with van der Waals surface area (Å²) >= 11 is 0. The predicted molar refractivity (Wildman–Crippen MR) is 56.6 cm³/mol. The Hall–Kier alpha value is -0.710. The second-order valence-corrected chi connectivity index (χ2v) is 4.76. The van der Waals surface area contributed by atoms with Crippen LogP contribution in [-0.2, 0) is 4.79 Å². The highest BCUT2D eigenvalue weighted by Gasteiger charge is 2.36. The lowest BCUT2D eigenvalue weighted by atomic mass is 9.78. The highest BCUT2D eigenvalue weighted by Crippen LogP contribution is 2.32. The fourth-order valence-corrected chi connectivity index (χ4v) is 2.48. The quantitative estimate of drug-likeness (QED) is 0.811. The van der Waals surface area contributed by atoms with Crippen LogP contribution >= 0.6 is 0 Å². The maximum atomic E-state index is 12.3. The highest BCUT2D eigenvalue weighted by atomic mass is 19.3. The van der Waals surface area contributed by atoms with Crippen molar-refractivity contribution >= 4 is 5.97 Å². The molecule has 16 heavy (non-hydrogen) atoms. The fraction of sp³-hybridized carbons (Fsp3) is 0.909. The summed E-state index contributed by atoms with van der Waals surface area (Å²) in [5.74, 6) is -0.946. The van der Waals surface area contributed by atoms with Crippen LogP contribution in [0.15, 0.2) is 0 Å². The van der Waals surface area contributed by atoms with E-state index in [0.717, 1.165) is 6.42 Å². The molecular formula is C11H19F2NO2. The minimum atomic E-state index is -2.41. The van der Waals surface area contributed by atoms with Crippen LogP contribution in [-0.4, -0.2) is 42.0 Å². The second kappa shape index (κ2) is 5.57. The summed E-state index contributed by atoms with van der Waals surface area (Å²) in [4.78, 5) is 12.5. The van der Waals surface area contributed by atoms with Gasteiger partial charge in [-0.1, -0.05) is 6.92 Å². The Morgan fingerprint density at radius 1 is 1.50 bits per heavy atom. The van der Waals surface area contributed by atoms with Crippen molar-refractivity contribution in [1.82, 2.24) is 4.90 Å². The molecule has 0 spiro atoms. The van der Waals surface area contributed by atoms with E-state index in [2.05, 4.69) is 0 Å². The van der Waals surface area contributed by atoms with Crippen molar-refractivity contribution in [2.45, 2.75) is 38.7 Å². The molecule has 5 heteroatoms. The van der Waals surface area contributed by atoms with Crippen molar-refractivity contribution in [2.24, 2.45) is 11.8 Å². The molecule has 3 atom stereocenters. The van der Waals surface area contributed by atoms with Crippen molar-refractivity contribution in [3.63, 3.8) is 0 Å². The van der Waals surface area contributed by atoms with Gasteiger partial charge in [-0.3, -0.25) is 9.69 Å². The number of hydrogen-bond donors (Lipinski definition) is 1. The van der Waals surface area contributed by atoms with Crippen LogP contribution in [0, 0.1) is 11.8 Å². The molecule has 1 rings (SSSR count). The third kappa shape index (κ3) is 3.40. The summed E-state index contributed by atoms with van der Waals surface area (Å²) in [7, 11) is 1.59. The molecule has 0 radical (unpaired) electrons. The average molecular weight is 235 g/mol. The summed E-state index contributed by atoms with van der Waals surface area (Å²) < 4.78 is 24.6. The van der Waals surface area contributed by atoms with E-state index in [1.807, 2.05) is 6.92 Å². The molecule has 0 aromatic heterocycles. The van der Waals surface area contributed by atoms with E-state index < -0.39 is 18.3 Å². The van der Waals surface area contributed by atoms with Gasteiger partial charge in [0.2, 0.25) is 0 Å². The van der Waals surface area contributed by atoms with Gasteiger partial charge in [0.05, 0.1) is 12.5 Å². The molecule has 1 N–H and O–H groups in total. The summed E-state index contributed by atoms with van der Waals surface area (Å²) in [5, 5.41) is 9.06. The maximum absolute atomic E-state index is 12.3. The van der Waals surface area contributed by atoms with Gasteiger partial charge < -0.3 is 5.11 Å². The minimum absolute atomic E-state index is 0.254. The number of carboxylic acids is 1. The predicted octanol–water partition coefficient (Wildman–Crippen LogP) is 2.07. The van der Waals surface area contributed by atoms with E-state index in [1.165, 1.54) is 4.90 Å². The zero-order valence-electron chi connectivity index (χ0n) is 9.70. The van der Waals surface area contributed by atoms with Crippen LogP contribution in [0.3, 0.4) is 0 Å². The lowest BCUT2D eigenvalue weighted by Crippen LogP contribution is -2.46. The smallest absolute Gasteiger partial charge is 0.308 e. The van der Waals surface area contributed by atoms with Gasteiger partial charge >= 0.3 is 5.97 Å². The lowest BCUT2D eigenvalue weighted by Gasteiger charge is -2.38. The summed E-state index contributed by atoms with van der Waals surface area (Å²) in [6.45, 7) is 1.70. The van der Waals surface area contributed by atoms with Gasteiger partial charge in [0.1, 0.15) is 0 Å². The van der Waals surface area contributed by atoms with Crippen molar-refractivity contribution in [2.75, 3.05) is 13.6 Å². The first-order valence-corrected chi connectivity index (χ1v) is 5.63. The zero-order chi connectivity index (χ0) is 12.3. The Labute approximate surface area is 94.4 Å². The minimum Gasteiger partial charge on any atom is -0.481 e. The van der Waals surface area contributed by atoms with Crippen molar-refractivity contribution in [3.8, 4) is 0 Å². The van der Waals surface area contributed by atoms with Gasteiger partial charge in [0, 0.05) is 6.04 Å². The van der Waals surface area contributed by atoms with Crippen LogP contribution in [0.2, 0.25) is 0 Å². The lowest BCUT2D eigenvalue weighted by molar-refractivity contribution is -0.146. The van der Waals surface area contributed by atoms with Crippen molar-refractivity contribution in [1.29, 1.82) is 0 Å². The van der Waals surface area contributed by atoms with E-state index in [-0.39, 0.29) is 12.6 Å². The molecule has 1 fully saturated rings. The third-order valence-electron chi connectivity index (χ3n) is 3.39. The molecule has 94 valence electrons. The number of nitrogens with zero attached hydrogens (tertiary/aromatic N) is 1. The van der Waals surface area contributed by atoms with Crippen LogP contribution in [0.1, 0.15) is 26.2 Å². The van der Waals surface area contributed by atoms with Gasteiger partial charge in [-0.05, 0) is 32.2 Å². The van der Waals surface area contributed by atoms with Gasteiger partial charge in [-0.25, -0.2) is 8.78 Å². The molecule has 0 amide bonds. The molecule has 1 aliphatic rings. The second-order valence-electron chi connectivity index (χ2n) is 4.76. The summed E-state index contributed by atoms with van der Waals surface area (Å²) in [6.07, 6.45) is -0.248. The van der Waals surface area contributed by atoms with E-state index in [0.29, 0.717) is 18.8 Å². The average Bonchev–Trinajstić information content (AvgIpc) is 2.15. The number of aliphatic carboxylic acids is 1. The number of hydrogen-bond acceptors (Lipinski definition) is 2. The topological polar surface area (TPSA) is 40.5 Å². The SMILES string of the molecule is CC1CCC(C(=O)O)C(N(C)CC(F)F)C1. The standard InChI is InChI=1S/C11H19F2NO2/c1-7-3-4-8(11(15)16)9(5-7)14(2)6-10(12)13/h7-10H,3-6H2,1-2H3,(H,15,16). The summed E-state index contributed by atoms with van der Waals surface area (Å²) in [6, 6.07) is -0.254. The van der Waals surface area contributed by atoms with E-state index in [4.69, 9.17) is 5.11 Å². The third-order valence-corrected chi connectivity index (χ3v) is 3.39. The molecule has 0 heterocycles. The van der Waals surface area contributed by atoms with E-state index >= 15 is 0 Å². The molecule has 0 saturated heterocycles. The number of alkyl halides is 2. The Morgan fingerprint density at radius 3 is 2.62 bits per heavy atom.